The van der Waals surface area contributed by atoms with Gasteiger partial charge in [-0.2, -0.15) is 0 Å². The first kappa shape index (κ1) is 9.48. The summed E-state index contributed by atoms with van der Waals surface area (Å²) < 4.78 is 0. The van der Waals surface area contributed by atoms with E-state index in [0.717, 1.165) is 0 Å². The Morgan fingerprint density at radius 1 is 1.17 bits per heavy atom. The minimum atomic E-state index is 1.24. The van der Waals surface area contributed by atoms with Crippen molar-refractivity contribution in [2.45, 2.75) is 20.8 Å². The second-order valence-corrected chi connectivity index (χ2v) is 3.76. The van der Waals surface area contributed by atoms with Gasteiger partial charge >= 0.3 is 0 Å². The fourth-order valence-electron chi connectivity index (χ4n) is 1.31. The van der Waals surface area contributed by atoms with Gasteiger partial charge in [0.05, 0.1) is 0 Å². The molecule has 0 heterocycles. The normalized spacial score (nSPS) is 10.0. The molecule has 0 aliphatic rings. The van der Waals surface area contributed by atoms with Crippen LogP contribution in [-0.2, 0) is 0 Å². The largest absolute Gasteiger partial charge is 0.105 e. The van der Waals surface area contributed by atoms with Crippen molar-refractivity contribution in [3.63, 3.8) is 0 Å². The first-order chi connectivity index (χ1) is 5.57. The van der Waals surface area contributed by atoms with E-state index in [0.29, 0.717) is 0 Å². The summed E-state index contributed by atoms with van der Waals surface area (Å²) in [7, 11) is 2.76. The van der Waals surface area contributed by atoms with Gasteiger partial charge in [0.2, 0.25) is 0 Å². The second kappa shape index (κ2) is 3.41. The lowest BCUT2D eigenvalue weighted by molar-refractivity contribution is 1.28. The quantitative estimate of drug-likeness (QED) is 0.580. The van der Waals surface area contributed by atoms with Crippen LogP contribution in [0.25, 0.3) is 6.08 Å². The molecule has 1 atom stereocenters. The van der Waals surface area contributed by atoms with Crippen LogP contribution in [-0.4, -0.2) is 0 Å². The smallest absolute Gasteiger partial charge is 0.0224 e. The summed E-state index contributed by atoms with van der Waals surface area (Å²) in [5.74, 6) is 0. The van der Waals surface area contributed by atoms with Crippen LogP contribution in [0.5, 0.6) is 0 Å². The Kier molecular flexibility index (Phi) is 2.69. The van der Waals surface area contributed by atoms with Crippen molar-refractivity contribution in [1.29, 1.82) is 0 Å². The van der Waals surface area contributed by atoms with E-state index in [2.05, 4.69) is 42.7 Å². The minimum Gasteiger partial charge on any atom is -0.105 e. The summed E-state index contributed by atoms with van der Waals surface area (Å²) in [5, 5.41) is 1.27. The molecule has 0 aliphatic carbocycles. The van der Waals surface area contributed by atoms with E-state index in [-0.39, 0.29) is 0 Å². The van der Waals surface area contributed by atoms with Crippen LogP contribution in [0.3, 0.4) is 0 Å². The molecule has 1 rings (SSSR count). The van der Waals surface area contributed by atoms with Crippen molar-refractivity contribution >= 4 is 20.6 Å². The standard InChI is InChI=1S/C11H15P/c1-5-10-6-11(12)9(4)7(2)8(10)3/h5-6H,1,12H2,2-4H3. The molecule has 1 aromatic rings. The predicted octanol–water partition coefficient (Wildman–Crippen LogP) is 2.76. The Labute approximate surface area is 76.9 Å². The van der Waals surface area contributed by atoms with Crippen LogP contribution < -0.4 is 5.30 Å². The van der Waals surface area contributed by atoms with E-state index in [1.807, 2.05) is 6.08 Å². The molecule has 12 heavy (non-hydrogen) atoms. The molecule has 64 valence electrons. The van der Waals surface area contributed by atoms with Gasteiger partial charge in [0.25, 0.3) is 0 Å². The highest BCUT2D eigenvalue weighted by atomic mass is 31.0. The third-order valence-electron chi connectivity index (χ3n) is 2.52. The molecule has 1 unspecified atom stereocenters. The van der Waals surface area contributed by atoms with Gasteiger partial charge in [0.1, 0.15) is 0 Å². The van der Waals surface area contributed by atoms with Crippen molar-refractivity contribution < 1.29 is 0 Å². The molecule has 0 fully saturated rings. The van der Waals surface area contributed by atoms with Crippen molar-refractivity contribution in [3.05, 3.63) is 34.9 Å². The van der Waals surface area contributed by atoms with E-state index in [9.17, 15) is 0 Å². The molecule has 0 saturated heterocycles. The summed E-state index contributed by atoms with van der Waals surface area (Å²) >= 11 is 0. The van der Waals surface area contributed by atoms with Gasteiger partial charge in [-0.15, -0.1) is 9.24 Å². The zero-order valence-corrected chi connectivity index (χ0v) is 9.09. The first-order valence-electron chi connectivity index (χ1n) is 4.06. The molecule has 1 heteroatoms. The Bertz CT molecular complexity index is 324. The van der Waals surface area contributed by atoms with Gasteiger partial charge in [-0.05, 0) is 54.4 Å². The van der Waals surface area contributed by atoms with Gasteiger partial charge in [0.15, 0.2) is 0 Å². The molecule has 0 amide bonds. The molecule has 0 aromatic heterocycles. The molecule has 0 spiro atoms. The van der Waals surface area contributed by atoms with E-state index >= 15 is 0 Å². The maximum absolute atomic E-state index is 3.79. The van der Waals surface area contributed by atoms with Gasteiger partial charge in [0, 0.05) is 0 Å². The number of hydrogen-bond acceptors (Lipinski definition) is 0. The maximum Gasteiger partial charge on any atom is -0.0224 e. The maximum atomic E-state index is 3.79. The SMILES string of the molecule is C=Cc1cc(P)c(C)c(C)c1C. The Morgan fingerprint density at radius 3 is 2.25 bits per heavy atom. The summed E-state index contributed by atoms with van der Waals surface area (Å²) in [6, 6.07) is 2.16. The second-order valence-electron chi connectivity index (χ2n) is 3.13. The fraction of sp³-hybridized carbons (Fsp3) is 0.273. The van der Waals surface area contributed by atoms with Crippen LogP contribution in [0.1, 0.15) is 22.3 Å². The third kappa shape index (κ3) is 1.44. The lowest BCUT2D eigenvalue weighted by Gasteiger charge is -2.10. The average Bonchev–Trinajstić information content (AvgIpc) is 2.08. The summed E-state index contributed by atoms with van der Waals surface area (Å²) in [6.45, 7) is 10.2. The highest BCUT2D eigenvalue weighted by Crippen LogP contribution is 2.17. The number of rotatable bonds is 1. The molecule has 0 bridgehead atoms. The minimum absolute atomic E-state index is 1.24. The number of hydrogen-bond donors (Lipinski definition) is 0. The zero-order chi connectivity index (χ0) is 9.30. The molecular weight excluding hydrogens is 163 g/mol. The molecule has 1 aromatic carbocycles. The fourth-order valence-corrected chi connectivity index (χ4v) is 1.71. The molecular formula is C11H15P. The van der Waals surface area contributed by atoms with Crippen molar-refractivity contribution in [1.82, 2.24) is 0 Å². The van der Waals surface area contributed by atoms with Crippen LogP contribution in [0.4, 0.5) is 0 Å². The van der Waals surface area contributed by atoms with Crippen LogP contribution in [0, 0.1) is 20.8 Å². The van der Waals surface area contributed by atoms with E-state index in [1.165, 1.54) is 27.6 Å². The van der Waals surface area contributed by atoms with Gasteiger partial charge in [-0.3, -0.25) is 0 Å². The van der Waals surface area contributed by atoms with E-state index < -0.39 is 0 Å². The molecule has 0 nitrogen and oxygen atoms in total. The Hall–Kier alpha value is -0.610. The Morgan fingerprint density at radius 2 is 1.75 bits per heavy atom. The van der Waals surface area contributed by atoms with Crippen LogP contribution in [0.2, 0.25) is 0 Å². The van der Waals surface area contributed by atoms with Crippen molar-refractivity contribution in [2.75, 3.05) is 0 Å². The van der Waals surface area contributed by atoms with Crippen molar-refractivity contribution in [2.24, 2.45) is 0 Å². The average molecular weight is 178 g/mol. The highest BCUT2D eigenvalue weighted by molar-refractivity contribution is 7.27. The number of benzene rings is 1. The van der Waals surface area contributed by atoms with E-state index in [4.69, 9.17) is 0 Å². The summed E-state index contributed by atoms with van der Waals surface area (Å²) in [5.41, 5.74) is 5.32. The summed E-state index contributed by atoms with van der Waals surface area (Å²) in [6.07, 6.45) is 1.91. The monoisotopic (exact) mass is 178 g/mol. The topological polar surface area (TPSA) is 0 Å². The van der Waals surface area contributed by atoms with E-state index in [1.54, 1.807) is 0 Å². The zero-order valence-electron chi connectivity index (χ0n) is 7.94. The molecule has 0 N–H and O–H groups in total. The molecule has 0 aliphatic heterocycles. The highest BCUT2D eigenvalue weighted by Gasteiger charge is 2.03. The lowest BCUT2D eigenvalue weighted by Crippen LogP contribution is -2.03. The van der Waals surface area contributed by atoms with Gasteiger partial charge in [-0.1, -0.05) is 12.7 Å². The molecule has 0 saturated carbocycles. The Balaban J connectivity index is 3.49. The first-order valence-corrected chi connectivity index (χ1v) is 4.64. The lowest BCUT2D eigenvalue weighted by atomic mass is 9.99. The molecule has 0 radical (unpaired) electrons. The van der Waals surface area contributed by atoms with Crippen LogP contribution in [0.15, 0.2) is 12.6 Å². The third-order valence-corrected chi connectivity index (χ3v) is 3.12. The predicted molar refractivity (Wildman–Crippen MR) is 60.1 cm³/mol. The van der Waals surface area contributed by atoms with Gasteiger partial charge in [-0.25, -0.2) is 0 Å². The summed E-state index contributed by atoms with van der Waals surface area (Å²) in [4.78, 5) is 0. The van der Waals surface area contributed by atoms with Gasteiger partial charge < -0.3 is 0 Å². The van der Waals surface area contributed by atoms with Crippen molar-refractivity contribution in [3.8, 4) is 0 Å². The van der Waals surface area contributed by atoms with Crippen LogP contribution >= 0.6 is 9.24 Å².